The summed E-state index contributed by atoms with van der Waals surface area (Å²) in [4.78, 5) is 25.3. The molecule has 2 N–H and O–H groups in total. The molecular formula is C12H12N2O3. The monoisotopic (exact) mass is 232 g/mol. The van der Waals surface area contributed by atoms with Gasteiger partial charge in [-0.2, -0.15) is 0 Å². The molecule has 0 radical (unpaired) electrons. The Morgan fingerprint density at radius 1 is 1.53 bits per heavy atom. The van der Waals surface area contributed by atoms with E-state index in [0.29, 0.717) is 10.9 Å². The second-order valence-electron chi connectivity index (χ2n) is 4.78. The van der Waals surface area contributed by atoms with E-state index in [2.05, 4.69) is 11.9 Å². The number of carbonyl (C=O) groups is 1. The van der Waals surface area contributed by atoms with Crippen LogP contribution in [0.1, 0.15) is 30.1 Å². The molecule has 2 heterocycles. The first-order chi connectivity index (χ1) is 8.03. The van der Waals surface area contributed by atoms with Gasteiger partial charge in [-0.1, -0.05) is 0 Å². The van der Waals surface area contributed by atoms with E-state index in [9.17, 15) is 9.59 Å². The zero-order valence-electron chi connectivity index (χ0n) is 9.36. The average Bonchev–Trinajstić information content (AvgIpc) is 2.86. The zero-order chi connectivity index (χ0) is 12.2. The summed E-state index contributed by atoms with van der Waals surface area (Å²) >= 11 is 0. The Morgan fingerprint density at radius 2 is 2.24 bits per heavy atom. The molecule has 0 unspecified atom stereocenters. The maximum absolute atomic E-state index is 11.7. The fourth-order valence-corrected chi connectivity index (χ4v) is 2.21. The Kier molecular flexibility index (Phi) is 1.79. The van der Waals surface area contributed by atoms with Crippen LogP contribution in [0.4, 0.5) is 0 Å². The van der Waals surface area contributed by atoms with Gasteiger partial charge in [0.25, 0.3) is 5.56 Å². The van der Waals surface area contributed by atoms with E-state index in [0.717, 1.165) is 12.8 Å². The van der Waals surface area contributed by atoms with Crippen molar-refractivity contribution in [1.29, 1.82) is 0 Å². The summed E-state index contributed by atoms with van der Waals surface area (Å²) in [6.45, 7) is 2.07. The van der Waals surface area contributed by atoms with E-state index in [1.807, 2.05) is 4.57 Å². The van der Waals surface area contributed by atoms with Crippen molar-refractivity contribution in [3.63, 3.8) is 0 Å². The topological polar surface area (TPSA) is 75.1 Å². The molecule has 0 atom stereocenters. The SMILES string of the molecule is CC1(n2ccc3c(=O)[nH]cc(C(=O)O)c32)CC1. The molecule has 0 bridgehead atoms. The van der Waals surface area contributed by atoms with Gasteiger partial charge in [0.15, 0.2) is 0 Å². The molecule has 0 amide bonds. The van der Waals surface area contributed by atoms with Crippen LogP contribution >= 0.6 is 0 Å². The molecule has 5 heteroatoms. The maximum atomic E-state index is 11.7. The Morgan fingerprint density at radius 3 is 2.82 bits per heavy atom. The van der Waals surface area contributed by atoms with Gasteiger partial charge in [0.05, 0.1) is 10.9 Å². The van der Waals surface area contributed by atoms with Crippen LogP contribution in [-0.4, -0.2) is 20.6 Å². The van der Waals surface area contributed by atoms with Crippen LogP contribution in [0.5, 0.6) is 0 Å². The fourth-order valence-electron chi connectivity index (χ4n) is 2.21. The van der Waals surface area contributed by atoms with Gasteiger partial charge in [0.1, 0.15) is 5.56 Å². The quantitative estimate of drug-likeness (QED) is 0.824. The molecule has 1 aliphatic carbocycles. The minimum Gasteiger partial charge on any atom is -0.478 e. The number of aromatic carboxylic acids is 1. The van der Waals surface area contributed by atoms with Gasteiger partial charge in [-0.05, 0) is 25.8 Å². The lowest BCUT2D eigenvalue weighted by atomic mass is 10.2. The van der Waals surface area contributed by atoms with Crippen molar-refractivity contribution < 1.29 is 9.90 Å². The van der Waals surface area contributed by atoms with Gasteiger partial charge in [-0.3, -0.25) is 4.79 Å². The summed E-state index contributed by atoms with van der Waals surface area (Å²) in [5.41, 5.74) is 0.409. The summed E-state index contributed by atoms with van der Waals surface area (Å²) in [5, 5.41) is 9.61. The number of nitrogens with zero attached hydrogens (tertiary/aromatic N) is 1. The Balaban J connectivity index is 2.43. The minimum absolute atomic E-state index is 0.0280. The number of carboxylic acids is 1. The molecule has 1 fully saturated rings. The first-order valence-electron chi connectivity index (χ1n) is 5.49. The predicted octanol–water partition coefficient (Wildman–Crippen LogP) is 1.54. The van der Waals surface area contributed by atoms with Crippen LogP contribution in [0, 0.1) is 0 Å². The summed E-state index contributed by atoms with van der Waals surface area (Å²) in [5.74, 6) is -1.02. The highest BCUT2D eigenvalue weighted by Gasteiger charge is 2.40. The number of H-pyrrole nitrogens is 1. The van der Waals surface area contributed by atoms with Crippen molar-refractivity contribution in [1.82, 2.24) is 9.55 Å². The lowest BCUT2D eigenvalue weighted by Gasteiger charge is -2.14. The number of nitrogens with one attached hydrogen (secondary N) is 1. The second-order valence-corrected chi connectivity index (χ2v) is 4.78. The highest BCUT2D eigenvalue weighted by Crippen LogP contribution is 2.44. The van der Waals surface area contributed by atoms with Gasteiger partial charge < -0.3 is 14.7 Å². The lowest BCUT2D eigenvalue weighted by Crippen LogP contribution is -2.16. The number of aromatic amines is 1. The molecule has 17 heavy (non-hydrogen) atoms. The van der Waals surface area contributed by atoms with Gasteiger partial charge in [0, 0.05) is 17.9 Å². The number of aromatic nitrogens is 2. The molecule has 2 aromatic rings. The van der Waals surface area contributed by atoms with E-state index >= 15 is 0 Å². The predicted molar refractivity (Wildman–Crippen MR) is 62.4 cm³/mol. The van der Waals surface area contributed by atoms with Crippen molar-refractivity contribution in [2.45, 2.75) is 25.3 Å². The Labute approximate surface area is 96.7 Å². The Hall–Kier alpha value is -2.04. The number of carboxylic acid groups (broad SMARTS) is 1. The first kappa shape index (κ1) is 10.1. The minimum atomic E-state index is -1.02. The van der Waals surface area contributed by atoms with Crippen LogP contribution < -0.4 is 5.56 Å². The summed E-state index contributed by atoms with van der Waals surface area (Å²) in [7, 11) is 0. The largest absolute Gasteiger partial charge is 0.478 e. The molecule has 1 saturated carbocycles. The third-order valence-corrected chi connectivity index (χ3v) is 3.52. The number of fused-ring (bicyclic) bond motifs is 1. The maximum Gasteiger partial charge on any atom is 0.339 e. The normalized spacial score (nSPS) is 17.2. The smallest absolute Gasteiger partial charge is 0.339 e. The van der Waals surface area contributed by atoms with Crippen LogP contribution in [0.2, 0.25) is 0 Å². The average molecular weight is 232 g/mol. The van der Waals surface area contributed by atoms with Gasteiger partial charge in [-0.25, -0.2) is 4.79 Å². The summed E-state index contributed by atoms with van der Waals surface area (Å²) in [6, 6.07) is 1.68. The van der Waals surface area contributed by atoms with E-state index in [4.69, 9.17) is 5.11 Å². The van der Waals surface area contributed by atoms with Crippen LogP contribution in [0.15, 0.2) is 23.3 Å². The van der Waals surface area contributed by atoms with E-state index in [1.54, 1.807) is 12.3 Å². The molecule has 0 saturated heterocycles. The molecule has 0 aliphatic heterocycles. The van der Waals surface area contributed by atoms with Crippen LogP contribution in [0.3, 0.4) is 0 Å². The molecule has 5 nitrogen and oxygen atoms in total. The van der Waals surface area contributed by atoms with Crippen molar-refractivity contribution in [3.8, 4) is 0 Å². The van der Waals surface area contributed by atoms with Crippen LogP contribution in [-0.2, 0) is 5.54 Å². The molecule has 0 spiro atoms. The van der Waals surface area contributed by atoms with Gasteiger partial charge in [0.2, 0.25) is 0 Å². The fraction of sp³-hybridized carbons (Fsp3) is 0.333. The molecular weight excluding hydrogens is 220 g/mol. The summed E-state index contributed by atoms with van der Waals surface area (Å²) < 4.78 is 1.92. The number of hydrogen-bond donors (Lipinski definition) is 2. The van der Waals surface area contributed by atoms with Gasteiger partial charge in [-0.15, -0.1) is 0 Å². The van der Waals surface area contributed by atoms with Crippen molar-refractivity contribution >= 4 is 16.9 Å². The highest BCUT2D eigenvalue weighted by atomic mass is 16.4. The van der Waals surface area contributed by atoms with Crippen molar-refractivity contribution in [3.05, 3.63) is 34.4 Å². The molecule has 2 aromatic heterocycles. The van der Waals surface area contributed by atoms with Crippen molar-refractivity contribution in [2.75, 3.05) is 0 Å². The number of pyridine rings is 1. The van der Waals surface area contributed by atoms with E-state index in [1.165, 1.54) is 6.20 Å². The third-order valence-electron chi connectivity index (χ3n) is 3.52. The van der Waals surface area contributed by atoms with E-state index < -0.39 is 5.97 Å². The second kappa shape index (κ2) is 3.00. The Bertz CT molecular complexity index is 677. The number of rotatable bonds is 2. The summed E-state index contributed by atoms with van der Waals surface area (Å²) in [6.07, 6.45) is 5.11. The molecule has 88 valence electrons. The molecule has 3 rings (SSSR count). The standard InChI is InChI=1S/C12H12N2O3/c1-12(3-4-12)14-5-2-7-9(14)8(11(16)17)6-13-10(7)15/h2,5-6H,3-4H2,1H3,(H,13,15)(H,16,17). The molecule has 1 aliphatic rings. The first-order valence-corrected chi connectivity index (χ1v) is 5.49. The zero-order valence-corrected chi connectivity index (χ0v) is 9.36. The van der Waals surface area contributed by atoms with E-state index in [-0.39, 0.29) is 16.7 Å². The van der Waals surface area contributed by atoms with Gasteiger partial charge >= 0.3 is 5.97 Å². The molecule has 0 aromatic carbocycles. The highest BCUT2D eigenvalue weighted by molar-refractivity contribution is 6.01. The van der Waals surface area contributed by atoms with Crippen molar-refractivity contribution in [2.24, 2.45) is 0 Å². The lowest BCUT2D eigenvalue weighted by molar-refractivity contribution is 0.0698. The van der Waals surface area contributed by atoms with Crippen LogP contribution in [0.25, 0.3) is 10.9 Å². The number of hydrogen-bond acceptors (Lipinski definition) is 2. The third kappa shape index (κ3) is 1.32.